The van der Waals surface area contributed by atoms with Gasteiger partial charge in [0.2, 0.25) is 0 Å². The van der Waals surface area contributed by atoms with Crippen molar-refractivity contribution in [3.8, 4) is 0 Å². The summed E-state index contributed by atoms with van der Waals surface area (Å²) in [6.45, 7) is 0. The normalized spacial score (nSPS) is 0. The van der Waals surface area contributed by atoms with Crippen LogP contribution < -0.4 is 0 Å². The van der Waals surface area contributed by atoms with E-state index < -0.39 is 0 Å². The average molecular weight is 328 g/mol. The fourth-order valence-electron chi connectivity index (χ4n) is 0. The topological polar surface area (TPSA) is 0 Å². The first-order valence-electron chi connectivity index (χ1n) is 0. The molecule has 0 aromatic carbocycles. The predicted molar refractivity (Wildman–Crippen MR) is 38.5 cm³/mol. The van der Waals surface area contributed by atoms with Crippen LogP contribution in [0, 0.1) is 75.7 Å². The maximum absolute atomic E-state index is 0. The van der Waals surface area contributed by atoms with Crippen LogP contribution in [0.4, 0.5) is 0 Å². The monoisotopic (exact) mass is 328 g/mol. The summed E-state index contributed by atoms with van der Waals surface area (Å²) < 4.78 is 0. The van der Waals surface area contributed by atoms with E-state index in [-0.39, 0.29) is 75.7 Å². The summed E-state index contributed by atoms with van der Waals surface area (Å²) in [5, 5.41) is 0. The summed E-state index contributed by atoms with van der Waals surface area (Å²) in [7, 11) is 0. The van der Waals surface area contributed by atoms with Gasteiger partial charge in [0.05, 0.1) is 0 Å². The molecule has 0 amide bonds. The molecule has 0 saturated heterocycles. The minimum Gasteiger partial charge on any atom is -0.358 e. The van der Waals surface area contributed by atoms with Crippen molar-refractivity contribution in [1.82, 2.24) is 0 Å². The first-order valence-corrected chi connectivity index (χ1v) is 0. The number of hydrogen-bond acceptors (Lipinski definition) is 0. The molecule has 52 valence electrons. The molecule has 0 nitrogen and oxygen atoms in total. The zero-order valence-corrected chi connectivity index (χ0v) is 10.7. The molecule has 0 bridgehead atoms. The third-order valence-electron chi connectivity index (χ3n) is 0. The summed E-state index contributed by atoms with van der Waals surface area (Å²) in [4.78, 5) is 0. The quantitative estimate of drug-likeness (QED) is 0.600. The van der Waals surface area contributed by atoms with E-state index in [9.17, 15) is 0 Å². The van der Waals surface area contributed by atoms with Crippen molar-refractivity contribution in [2.45, 2.75) is 0 Å². The van der Waals surface area contributed by atoms with Gasteiger partial charge < -0.3 is 44.6 Å². The molecule has 0 aliphatic heterocycles. The molecule has 0 heterocycles. The summed E-state index contributed by atoms with van der Waals surface area (Å²) in [5.41, 5.74) is 0. The minimum atomic E-state index is 0. The van der Waals surface area contributed by atoms with Gasteiger partial charge in [-0.25, -0.2) is 0 Å². The Balaban J connectivity index is 0. The molecule has 0 aromatic heterocycles. The molecule has 0 aromatic rings. The molecular formula is C6H18U-6. The Hall–Kier alpha value is 1.05. The van der Waals surface area contributed by atoms with Gasteiger partial charge in [-0.1, -0.05) is 0 Å². The zero-order chi connectivity index (χ0) is 0. The van der Waals surface area contributed by atoms with E-state index in [0.717, 1.165) is 0 Å². The van der Waals surface area contributed by atoms with E-state index >= 15 is 0 Å². The molecule has 0 rings (SSSR count). The summed E-state index contributed by atoms with van der Waals surface area (Å²) in [5.74, 6) is 0. The maximum Gasteiger partial charge on any atom is 0 e. The minimum absolute atomic E-state index is 0. The largest absolute Gasteiger partial charge is 0.358 e. The fraction of sp³-hybridized carbons (Fsp3) is 0. The third kappa shape index (κ3) is 163. The van der Waals surface area contributed by atoms with Gasteiger partial charge in [-0.2, -0.15) is 0 Å². The van der Waals surface area contributed by atoms with E-state index in [2.05, 4.69) is 0 Å². The molecular weight excluding hydrogens is 310 g/mol. The van der Waals surface area contributed by atoms with Crippen LogP contribution in [-0.2, 0) is 0 Å². The van der Waals surface area contributed by atoms with Crippen molar-refractivity contribution >= 4 is 0 Å². The molecule has 0 aliphatic rings. The molecule has 7 heavy (non-hydrogen) atoms. The second-order valence-electron chi connectivity index (χ2n) is 0. The number of hydrogen-bond donors (Lipinski definition) is 0. The SMILES string of the molecule is [CH3-].[CH3-].[CH3-].[CH3-].[CH3-].[CH3-].[U]. The van der Waals surface area contributed by atoms with E-state index in [4.69, 9.17) is 0 Å². The first kappa shape index (κ1) is 362. The Kier molecular flexibility index (Phi) is 12100. The van der Waals surface area contributed by atoms with Gasteiger partial charge in [0, 0.05) is 31.1 Å². The van der Waals surface area contributed by atoms with Gasteiger partial charge in [0.15, 0.2) is 0 Å². The Labute approximate surface area is 75.5 Å². The van der Waals surface area contributed by atoms with E-state index in [1.165, 1.54) is 0 Å². The van der Waals surface area contributed by atoms with Gasteiger partial charge >= 0.3 is 0 Å². The Morgan fingerprint density at radius 2 is 0.286 bits per heavy atom. The molecule has 0 atom stereocenters. The van der Waals surface area contributed by atoms with Gasteiger partial charge in [-0.15, -0.1) is 0 Å². The fourth-order valence-corrected chi connectivity index (χ4v) is 0. The van der Waals surface area contributed by atoms with E-state index in [0.29, 0.717) is 0 Å². The molecule has 0 unspecified atom stereocenters. The van der Waals surface area contributed by atoms with Crippen LogP contribution in [0.15, 0.2) is 0 Å². The maximum atomic E-state index is 0. The molecule has 1 heteroatoms. The van der Waals surface area contributed by atoms with Crippen molar-refractivity contribution in [2.75, 3.05) is 0 Å². The van der Waals surface area contributed by atoms with Crippen LogP contribution in [-0.4, -0.2) is 0 Å². The van der Waals surface area contributed by atoms with Crippen molar-refractivity contribution in [1.29, 1.82) is 0 Å². The molecule has 0 aliphatic carbocycles. The molecule has 0 fully saturated rings. The third-order valence-corrected chi connectivity index (χ3v) is 0. The Bertz CT molecular complexity index is 4.14. The summed E-state index contributed by atoms with van der Waals surface area (Å²) >= 11 is 0. The standard InChI is InChI=1S/6CH3.U/h6*1H3;/q6*-1;. The molecule has 0 N–H and O–H groups in total. The second-order valence-corrected chi connectivity index (χ2v) is 0. The smallest absolute Gasteiger partial charge is 0 e. The predicted octanol–water partition coefficient (Wildman–Crippen LogP) is 2.70. The Morgan fingerprint density at radius 1 is 0.286 bits per heavy atom. The van der Waals surface area contributed by atoms with Crippen LogP contribution in [0.3, 0.4) is 0 Å². The summed E-state index contributed by atoms with van der Waals surface area (Å²) in [6, 6.07) is 0. The van der Waals surface area contributed by atoms with Crippen LogP contribution in [0.25, 0.3) is 0 Å². The van der Waals surface area contributed by atoms with Crippen molar-refractivity contribution in [2.24, 2.45) is 0 Å². The van der Waals surface area contributed by atoms with Gasteiger partial charge in [-0.05, 0) is 0 Å². The zero-order valence-electron chi connectivity index (χ0n) is 6.50. The number of rotatable bonds is 0. The van der Waals surface area contributed by atoms with Crippen molar-refractivity contribution in [3.63, 3.8) is 0 Å². The first-order chi connectivity index (χ1) is 0. The second kappa shape index (κ2) is 233. The van der Waals surface area contributed by atoms with Gasteiger partial charge in [0.1, 0.15) is 0 Å². The molecule has 0 radical (unpaired) electrons. The van der Waals surface area contributed by atoms with Crippen LogP contribution >= 0.6 is 0 Å². The van der Waals surface area contributed by atoms with Crippen molar-refractivity contribution in [3.05, 3.63) is 44.6 Å². The van der Waals surface area contributed by atoms with Gasteiger partial charge in [-0.3, -0.25) is 0 Å². The van der Waals surface area contributed by atoms with E-state index in [1.807, 2.05) is 0 Å². The Morgan fingerprint density at radius 3 is 0.286 bits per heavy atom. The van der Waals surface area contributed by atoms with E-state index in [1.54, 1.807) is 0 Å². The van der Waals surface area contributed by atoms with Gasteiger partial charge in [0.25, 0.3) is 0 Å². The molecule has 0 spiro atoms. The van der Waals surface area contributed by atoms with Crippen molar-refractivity contribution < 1.29 is 31.1 Å². The average Bonchev–Trinajstić information content (AvgIpc) is 0. The van der Waals surface area contributed by atoms with Crippen LogP contribution in [0.2, 0.25) is 0 Å². The van der Waals surface area contributed by atoms with Crippen LogP contribution in [0.5, 0.6) is 0 Å². The molecule has 0 saturated carbocycles. The van der Waals surface area contributed by atoms with Crippen LogP contribution in [0.1, 0.15) is 0 Å². The summed E-state index contributed by atoms with van der Waals surface area (Å²) in [6.07, 6.45) is 0.